The Hall–Kier alpha value is -0.370. The number of aromatic nitrogens is 1. The minimum absolute atomic E-state index is 0.117. The van der Waals surface area contributed by atoms with Crippen LogP contribution in [0.15, 0.2) is 22.8 Å². The number of halogens is 1. The molecule has 1 aliphatic carbocycles. The van der Waals surface area contributed by atoms with Gasteiger partial charge in [0.05, 0.1) is 0 Å². The second-order valence-electron chi connectivity index (χ2n) is 1.97. The number of pyridine rings is 1. The molecule has 0 bridgehead atoms. The molecule has 0 N–H and O–H groups in total. The molecule has 0 unspecified atom stereocenters. The van der Waals surface area contributed by atoms with E-state index in [-0.39, 0.29) is 5.69 Å². The molecule has 0 atom stereocenters. The Labute approximate surface area is 75.6 Å². The van der Waals surface area contributed by atoms with Gasteiger partial charge in [-0.05, 0) is 40.8 Å². The van der Waals surface area contributed by atoms with Crippen LogP contribution in [0.2, 0.25) is 0 Å². The lowest BCUT2D eigenvalue weighted by molar-refractivity contribution is 1.01. The van der Waals surface area contributed by atoms with Gasteiger partial charge in [-0.2, -0.15) is 0 Å². The van der Waals surface area contributed by atoms with Crippen LogP contribution in [-0.4, -0.2) is 4.98 Å². The van der Waals surface area contributed by atoms with E-state index in [2.05, 4.69) is 20.9 Å². The van der Waals surface area contributed by atoms with Gasteiger partial charge >= 0.3 is 0 Å². The van der Waals surface area contributed by atoms with Crippen LogP contribution in [-0.2, 0) is 0 Å². The van der Waals surface area contributed by atoms with Gasteiger partial charge in [0.25, 0.3) is 0 Å². The summed E-state index contributed by atoms with van der Waals surface area (Å²) in [6.07, 6.45) is -4.37. The Morgan fingerprint density at radius 1 is 1.70 bits per heavy atom. The summed E-state index contributed by atoms with van der Waals surface area (Å²) in [5.41, 5.74) is 0.117. The highest BCUT2D eigenvalue weighted by atomic mass is 79.9. The lowest BCUT2D eigenvalue weighted by Crippen LogP contribution is -1.84. The molecule has 1 aliphatic rings. The molecule has 0 spiro atoms. The predicted octanol–water partition coefficient (Wildman–Crippen LogP) is 2.72. The van der Waals surface area contributed by atoms with Gasteiger partial charge in [0, 0.05) is 18.4 Å². The van der Waals surface area contributed by atoms with Crippen LogP contribution in [0.4, 0.5) is 0 Å². The molecule has 1 saturated carbocycles. The molecule has 1 nitrogen and oxygen atoms in total. The highest BCUT2D eigenvalue weighted by Gasteiger charge is 2.24. The Balaban J connectivity index is 2.51. The Kier molecular flexibility index (Phi) is 0.689. The van der Waals surface area contributed by atoms with Crippen molar-refractivity contribution in [2.75, 3.05) is 0 Å². The van der Waals surface area contributed by atoms with Gasteiger partial charge in [-0.1, -0.05) is 6.07 Å². The first-order chi connectivity index (χ1) is 6.75. The highest BCUT2D eigenvalue weighted by molar-refractivity contribution is 9.10. The van der Waals surface area contributed by atoms with Gasteiger partial charge in [-0.3, -0.25) is 0 Å². The fourth-order valence-corrected chi connectivity index (χ4v) is 1.05. The zero-order chi connectivity index (χ0) is 11.5. The lowest BCUT2D eigenvalue weighted by atomic mass is 10.3. The first-order valence-electron chi connectivity index (χ1n) is 5.38. The Morgan fingerprint density at radius 2 is 2.50 bits per heavy atom. The van der Waals surface area contributed by atoms with Crippen LogP contribution in [0.25, 0.3) is 0 Å². The summed E-state index contributed by atoms with van der Waals surface area (Å²) in [4.78, 5) is 3.95. The van der Waals surface area contributed by atoms with E-state index in [0.717, 1.165) is 0 Å². The van der Waals surface area contributed by atoms with Crippen molar-refractivity contribution in [2.45, 2.75) is 18.6 Å². The summed E-state index contributed by atoms with van der Waals surface area (Å²) >= 11 is 3.12. The van der Waals surface area contributed by atoms with Gasteiger partial charge < -0.3 is 0 Å². The molecule has 0 aromatic carbocycles. The van der Waals surface area contributed by atoms with E-state index in [4.69, 9.17) is 6.85 Å². The van der Waals surface area contributed by atoms with Crippen LogP contribution >= 0.6 is 15.9 Å². The second kappa shape index (κ2) is 2.35. The van der Waals surface area contributed by atoms with Gasteiger partial charge in [0.15, 0.2) is 0 Å². The monoisotopic (exact) mass is 202 g/mol. The molecule has 0 aliphatic heterocycles. The average Bonchev–Trinajstić information content (AvgIpc) is 2.45. The summed E-state index contributed by atoms with van der Waals surface area (Å²) in [7, 11) is 0. The molecular weight excluding hydrogens is 190 g/mol. The predicted molar refractivity (Wildman–Crippen MR) is 43.9 cm³/mol. The van der Waals surface area contributed by atoms with E-state index in [1.807, 2.05) is 0 Å². The van der Waals surface area contributed by atoms with E-state index in [1.165, 1.54) is 6.07 Å². The average molecular weight is 203 g/mol. The zero-order valence-electron chi connectivity index (χ0n) is 10.1. The molecule has 1 heterocycles. The summed E-state index contributed by atoms with van der Waals surface area (Å²) in [6.45, 7) is 0. The van der Waals surface area contributed by atoms with Crippen molar-refractivity contribution in [3.8, 4) is 0 Å². The van der Waals surface area contributed by atoms with Crippen molar-refractivity contribution in [2.24, 2.45) is 0 Å². The number of rotatable bonds is 1. The number of hydrogen-bond acceptors (Lipinski definition) is 1. The molecule has 1 aromatic heterocycles. The first-order valence-corrected chi connectivity index (χ1v) is 3.67. The largest absolute Gasteiger partial charge is 0.246 e. The molecule has 1 aromatic rings. The van der Waals surface area contributed by atoms with Crippen LogP contribution in [0.5, 0.6) is 0 Å². The lowest BCUT2D eigenvalue weighted by Gasteiger charge is -1.95. The van der Waals surface area contributed by atoms with Crippen molar-refractivity contribution < 1.29 is 6.85 Å². The molecule has 0 amide bonds. The highest BCUT2D eigenvalue weighted by Crippen LogP contribution is 2.39. The van der Waals surface area contributed by atoms with E-state index in [0.29, 0.717) is 4.60 Å². The number of nitrogens with zero attached hydrogens (tertiary/aromatic N) is 1. The van der Waals surface area contributed by atoms with E-state index >= 15 is 0 Å². The maximum Gasteiger partial charge on any atom is 0.106 e. The molecule has 52 valence electrons. The molecule has 2 rings (SSSR count). The third-order valence-electron chi connectivity index (χ3n) is 1.22. The molecular formula is C8H8BrN. The van der Waals surface area contributed by atoms with E-state index in [1.54, 1.807) is 12.1 Å². The quantitative estimate of drug-likeness (QED) is 0.639. The molecule has 2 heteroatoms. The van der Waals surface area contributed by atoms with Crippen molar-refractivity contribution >= 4 is 15.9 Å². The third-order valence-corrected chi connectivity index (χ3v) is 1.66. The topological polar surface area (TPSA) is 12.9 Å². The normalized spacial score (nSPS) is 37.9. The van der Waals surface area contributed by atoms with Crippen LogP contribution in [0.1, 0.15) is 31.2 Å². The summed E-state index contributed by atoms with van der Waals surface area (Å²) in [5, 5.41) is 0. The van der Waals surface area contributed by atoms with E-state index in [9.17, 15) is 0 Å². The molecule has 1 fully saturated rings. The summed E-state index contributed by atoms with van der Waals surface area (Å²) in [6, 6.07) is 4.74. The third kappa shape index (κ3) is 1.21. The van der Waals surface area contributed by atoms with Crippen LogP contribution in [0.3, 0.4) is 0 Å². The van der Waals surface area contributed by atoms with Crippen molar-refractivity contribution in [3.05, 3.63) is 28.5 Å². The van der Waals surface area contributed by atoms with E-state index < -0.39 is 18.6 Å². The molecule has 10 heavy (non-hydrogen) atoms. The standard InChI is InChI=1S/C8H8BrN/c9-8-3-1-2-7(10-8)6-4-5-6/h1-3,6H,4-5H2/i4D2,5D2,6D. The van der Waals surface area contributed by atoms with Gasteiger partial charge in [-0.25, -0.2) is 4.98 Å². The SMILES string of the molecule is [2H]C1([2H])C([2H])([2H])C1([2H])c1cccc(Br)n1. The minimum Gasteiger partial charge on any atom is -0.246 e. The van der Waals surface area contributed by atoms with Gasteiger partial charge in [0.1, 0.15) is 4.60 Å². The summed E-state index contributed by atoms with van der Waals surface area (Å²) in [5.74, 6) is -1.90. The number of hydrogen-bond donors (Lipinski definition) is 0. The summed E-state index contributed by atoms with van der Waals surface area (Å²) < 4.78 is 38.2. The first kappa shape index (κ1) is 2.94. The fourth-order valence-electron chi connectivity index (χ4n) is 0.707. The van der Waals surface area contributed by atoms with Crippen molar-refractivity contribution in [1.29, 1.82) is 0 Å². The Bertz CT molecular complexity index is 405. The van der Waals surface area contributed by atoms with Crippen LogP contribution in [0, 0.1) is 0 Å². The molecule has 0 radical (unpaired) electrons. The zero-order valence-corrected chi connectivity index (χ0v) is 6.64. The minimum atomic E-state index is -2.19. The van der Waals surface area contributed by atoms with Crippen molar-refractivity contribution in [1.82, 2.24) is 4.98 Å². The van der Waals surface area contributed by atoms with Crippen LogP contribution < -0.4 is 0 Å². The van der Waals surface area contributed by atoms with Gasteiger partial charge in [-0.15, -0.1) is 0 Å². The van der Waals surface area contributed by atoms with Gasteiger partial charge in [0.2, 0.25) is 0 Å². The maximum atomic E-state index is 7.85. The maximum absolute atomic E-state index is 7.85. The fraction of sp³-hybridized carbons (Fsp3) is 0.375. The second-order valence-corrected chi connectivity index (χ2v) is 2.78. The van der Waals surface area contributed by atoms with Crippen molar-refractivity contribution in [3.63, 3.8) is 0 Å². The molecule has 0 saturated heterocycles. The smallest absolute Gasteiger partial charge is 0.106 e. The Morgan fingerprint density at radius 3 is 3.10 bits per heavy atom.